The molecule has 0 aromatic carbocycles. The summed E-state index contributed by atoms with van der Waals surface area (Å²) in [6, 6.07) is 4.07. The number of aryl methyl sites for hydroxylation is 2. The zero-order chi connectivity index (χ0) is 17.6. The lowest BCUT2D eigenvalue weighted by Crippen LogP contribution is -2.51. The molecule has 2 aliphatic rings. The largest absolute Gasteiger partial charge is 0.354 e. The first-order valence-electron chi connectivity index (χ1n) is 8.50. The Balaban J connectivity index is 1.29. The number of imidazole rings is 1. The van der Waals surface area contributed by atoms with Crippen molar-refractivity contribution in [1.82, 2.24) is 24.5 Å². The summed E-state index contributed by atoms with van der Waals surface area (Å²) >= 11 is 0. The summed E-state index contributed by atoms with van der Waals surface area (Å²) in [5.41, 5.74) is 1.08. The first-order valence-corrected chi connectivity index (χ1v) is 9.99. The molecule has 0 bridgehead atoms. The van der Waals surface area contributed by atoms with E-state index in [4.69, 9.17) is 0 Å². The third kappa shape index (κ3) is 3.38. The van der Waals surface area contributed by atoms with Crippen LogP contribution in [0, 0.1) is 12.8 Å². The van der Waals surface area contributed by atoms with E-state index in [0.29, 0.717) is 18.3 Å². The first-order chi connectivity index (χ1) is 11.9. The predicted octanol–water partition coefficient (Wildman–Crippen LogP) is 0.811. The van der Waals surface area contributed by atoms with Gasteiger partial charge in [0, 0.05) is 44.7 Å². The quantitative estimate of drug-likeness (QED) is 0.817. The first kappa shape index (κ1) is 16.5. The minimum Gasteiger partial charge on any atom is -0.354 e. The second-order valence-corrected chi connectivity index (χ2v) is 8.66. The van der Waals surface area contributed by atoms with Gasteiger partial charge in [0.05, 0.1) is 5.69 Å². The van der Waals surface area contributed by atoms with Gasteiger partial charge in [0.1, 0.15) is 5.82 Å². The van der Waals surface area contributed by atoms with Crippen LogP contribution in [0.25, 0.3) is 0 Å². The fraction of sp³-hybridized carbons (Fsp3) is 0.562. The molecule has 4 rings (SSSR count). The van der Waals surface area contributed by atoms with Gasteiger partial charge in [0.15, 0.2) is 10.8 Å². The molecule has 0 radical (unpaired) electrons. The smallest absolute Gasteiger partial charge is 0.259 e. The second kappa shape index (κ2) is 6.06. The summed E-state index contributed by atoms with van der Waals surface area (Å²) in [6.07, 6.45) is 3.97. The van der Waals surface area contributed by atoms with Crippen molar-refractivity contribution < 1.29 is 8.42 Å². The van der Waals surface area contributed by atoms with Crippen molar-refractivity contribution in [3.63, 3.8) is 0 Å². The number of rotatable bonds is 6. The predicted molar refractivity (Wildman–Crippen MR) is 92.8 cm³/mol. The zero-order valence-corrected chi connectivity index (χ0v) is 15.2. The minimum absolute atomic E-state index is 0.0743. The molecule has 0 unspecified atom stereocenters. The van der Waals surface area contributed by atoms with Crippen LogP contribution in [0.1, 0.15) is 30.3 Å². The van der Waals surface area contributed by atoms with E-state index in [2.05, 4.69) is 30.9 Å². The van der Waals surface area contributed by atoms with E-state index in [1.54, 1.807) is 18.5 Å². The summed E-state index contributed by atoms with van der Waals surface area (Å²) in [4.78, 5) is 6.20. The molecule has 0 spiro atoms. The van der Waals surface area contributed by atoms with Gasteiger partial charge < -0.3 is 9.47 Å². The van der Waals surface area contributed by atoms with E-state index in [1.165, 1.54) is 19.0 Å². The molecular weight excluding hydrogens is 340 g/mol. The van der Waals surface area contributed by atoms with Crippen molar-refractivity contribution in [2.75, 3.05) is 24.5 Å². The molecule has 8 nitrogen and oxygen atoms in total. The van der Waals surface area contributed by atoms with E-state index in [1.807, 2.05) is 6.07 Å². The second-order valence-electron chi connectivity index (χ2n) is 6.95. The van der Waals surface area contributed by atoms with Gasteiger partial charge in [-0.3, -0.25) is 0 Å². The third-order valence-electron chi connectivity index (χ3n) is 4.87. The average molecular weight is 362 g/mol. The SMILES string of the molecule is Cc1nc(S(=O)(=O)NCC2CN(c3ccc(C4CC4)nn3)C2)cn1C. The van der Waals surface area contributed by atoms with Gasteiger partial charge in [-0.1, -0.05) is 0 Å². The van der Waals surface area contributed by atoms with Crippen LogP contribution in [-0.2, 0) is 17.1 Å². The molecule has 2 aromatic rings. The molecule has 25 heavy (non-hydrogen) atoms. The molecule has 3 heterocycles. The molecule has 0 amide bonds. The Hall–Kier alpha value is -2.00. The molecule has 1 N–H and O–H groups in total. The van der Waals surface area contributed by atoms with Crippen molar-refractivity contribution in [3.05, 3.63) is 29.8 Å². The molecule has 1 aliphatic carbocycles. The van der Waals surface area contributed by atoms with Crippen LogP contribution in [0.4, 0.5) is 5.82 Å². The number of aromatic nitrogens is 4. The molecule has 1 aliphatic heterocycles. The maximum absolute atomic E-state index is 12.3. The number of sulfonamides is 1. The van der Waals surface area contributed by atoms with Crippen molar-refractivity contribution in [2.24, 2.45) is 13.0 Å². The van der Waals surface area contributed by atoms with Gasteiger partial charge in [-0.2, -0.15) is 5.10 Å². The Morgan fingerprint density at radius 1 is 1.24 bits per heavy atom. The van der Waals surface area contributed by atoms with E-state index < -0.39 is 10.0 Å². The van der Waals surface area contributed by atoms with E-state index in [0.717, 1.165) is 24.6 Å². The van der Waals surface area contributed by atoms with Crippen molar-refractivity contribution >= 4 is 15.8 Å². The Bertz CT molecular complexity index is 847. The van der Waals surface area contributed by atoms with Gasteiger partial charge in [0.2, 0.25) is 0 Å². The van der Waals surface area contributed by atoms with E-state index in [9.17, 15) is 8.42 Å². The van der Waals surface area contributed by atoms with Crippen LogP contribution in [0.15, 0.2) is 23.4 Å². The van der Waals surface area contributed by atoms with Crippen LogP contribution >= 0.6 is 0 Å². The molecule has 9 heteroatoms. The van der Waals surface area contributed by atoms with Crippen LogP contribution in [0.5, 0.6) is 0 Å². The zero-order valence-electron chi connectivity index (χ0n) is 14.4. The molecule has 2 fully saturated rings. The number of anilines is 1. The molecule has 2 aromatic heterocycles. The highest BCUT2D eigenvalue weighted by molar-refractivity contribution is 7.89. The molecule has 134 valence electrons. The van der Waals surface area contributed by atoms with Crippen molar-refractivity contribution in [2.45, 2.75) is 30.7 Å². The average Bonchev–Trinajstić information content (AvgIpc) is 3.32. The molecule has 0 atom stereocenters. The highest BCUT2D eigenvalue weighted by Crippen LogP contribution is 2.38. The Morgan fingerprint density at radius 3 is 2.56 bits per heavy atom. The normalized spacial score (nSPS) is 18.4. The topological polar surface area (TPSA) is 93.0 Å². The van der Waals surface area contributed by atoms with Gasteiger partial charge in [-0.25, -0.2) is 18.1 Å². The molecule has 1 saturated carbocycles. The fourth-order valence-electron chi connectivity index (χ4n) is 2.94. The highest BCUT2D eigenvalue weighted by Gasteiger charge is 2.31. The molecular formula is C16H22N6O2S. The van der Waals surface area contributed by atoms with Crippen LogP contribution in [0.3, 0.4) is 0 Å². The summed E-state index contributed by atoms with van der Waals surface area (Å²) in [7, 11) is -1.77. The highest BCUT2D eigenvalue weighted by atomic mass is 32.2. The lowest BCUT2D eigenvalue weighted by Gasteiger charge is -2.39. The van der Waals surface area contributed by atoms with Gasteiger partial charge in [-0.15, -0.1) is 5.10 Å². The van der Waals surface area contributed by atoms with E-state index in [-0.39, 0.29) is 10.9 Å². The number of nitrogens with zero attached hydrogens (tertiary/aromatic N) is 5. The summed E-state index contributed by atoms with van der Waals surface area (Å²) in [5, 5.41) is 8.65. The van der Waals surface area contributed by atoms with Crippen LogP contribution < -0.4 is 9.62 Å². The number of hydrogen-bond donors (Lipinski definition) is 1. The monoisotopic (exact) mass is 362 g/mol. The summed E-state index contributed by atoms with van der Waals surface area (Å²) < 4.78 is 28.9. The maximum Gasteiger partial charge on any atom is 0.259 e. The maximum atomic E-state index is 12.3. The van der Waals surface area contributed by atoms with Crippen LogP contribution in [-0.4, -0.2) is 47.8 Å². The number of hydrogen-bond acceptors (Lipinski definition) is 6. The lowest BCUT2D eigenvalue weighted by molar-refractivity contribution is 0.402. The van der Waals surface area contributed by atoms with Gasteiger partial charge in [-0.05, 0) is 31.9 Å². The van der Waals surface area contributed by atoms with Crippen LogP contribution in [0.2, 0.25) is 0 Å². The Labute approximate surface area is 147 Å². The van der Waals surface area contributed by atoms with Gasteiger partial charge >= 0.3 is 0 Å². The van der Waals surface area contributed by atoms with Crippen molar-refractivity contribution in [3.8, 4) is 0 Å². The van der Waals surface area contributed by atoms with Crippen molar-refractivity contribution in [1.29, 1.82) is 0 Å². The third-order valence-corrected chi connectivity index (χ3v) is 6.17. The summed E-state index contributed by atoms with van der Waals surface area (Å²) in [6.45, 7) is 3.74. The Morgan fingerprint density at radius 2 is 2.00 bits per heavy atom. The summed E-state index contributed by atoms with van der Waals surface area (Å²) in [5.74, 6) is 2.41. The Kier molecular flexibility index (Phi) is 3.99. The van der Waals surface area contributed by atoms with Gasteiger partial charge in [0.25, 0.3) is 10.0 Å². The fourth-order valence-corrected chi connectivity index (χ4v) is 4.10. The minimum atomic E-state index is -3.55. The lowest BCUT2D eigenvalue weighted by atomic mass is 10.0. The number of nitrogens with one attached hydrogen (secondary N) is 1. The molecule has 1 saturated heterocycles. The standard InChI is InChI=1S/C16H22N6O2S/c1-11-18-16(10-21(11)2)25(23,24)17-7-12-8-22(9-12)15-6-5-14(19-20-15)13-3-4-13/h5-6,10,12-13,17H,3-4,7-9H2,1-2H3. The van der Waals surface area contributed by atoms with E-state index >= 15 is 0 Å².